The van der Waals surface area contributed by atoms with Crippen molar-refractivity contribution in [3.05, 3.63) is 175 Å². The van der Waals surface area contributed by atoms with Crippen LogP contribution in [0.1, 0.15) is 103 Å². The molecular weight excluding hydrogens is 886 g/mol. The maximum absolute atomic E-state index is 13.8. The fourth-order valence-electron chi connectivity index (χ4n) is 8.82. The molecule has 2 fully saturated rings. The standard InChI is InChI=1S/C27H22ClNO4.C26H20ClNO4.Li.H2O/c1-15-5-3-8-23-25(15)21(14-20-18(16-9-10-16)6-4-7-22(20)28)26(31)29(23)17-11-12-19(24(30)13-17)27(32)33-2;1-14-4-2-7-22-24(14)20(13-19-17(15-8-9-15)5-3-6-21(19)27)25(30)28(22)16-10-11-18(26(31)32)23(29)12-16;;/h3-8,11-14,16,30H,9-10H2,1-2H3;2-7,10-13,15,29H,8-9H2,1H3,(H,31,32);;1H2/q;;+1;/p-1. The minimum atomic E-state index is -1.23. The van der Waals surface area contributed by atoms with E-state index in [1.54, 1.807) is 11.0 Å². The van der Waals surface area contributed by atoms with Gasteiger partial charge < -0.3 is 25.5 Å². The van der Waals surface area contributed by atoms with Gasteiger partial charge in [0.2, 0.25) is 0 Å². The Kier molecular flexibility index (Phi) is 14.0. The molecule has 11 nitrogen and oxygen atoms in total. The maximum atomic E-state index is 13.8. The Hall–Kier alpha value is -6.58. The van der Waals surface area contributed by atoms with E-state index < -0.39 is 17.7 Å². The molecule has 0 aromatic heterocycles. The number of anilines is 4. The Morgan fingerprint density at radius 3 is 1.40 bits per heavy atom. The number of benzene rings is 6. The van der Waals surface area contributed by atoms with E-state index in [4.69, 9.17) is 27.9 Å². The second-order valence-electron chi connectivity index (χ2n) is 16.6. The van der Waals surface area contributed by atoms with Crippen LogP contribution in [0.4, 0.5) is 22.7 Å². The second kappa shape index (κ2) is 19.3. The number of carboxylic acid groups (broad SMARTS) is 1. The molecule has 0 atom stereocenters. The zero-order valence-corrected chi connectivity index (χ0v) is 38.5. The number of aromatic hydroxyl groups is 2. The summed E-state index contributed by atoms with van der Waals surface area (Å²) < 4.78 is 4.70. The van der Waals surface area contributed by atoms with Gasteiger partial charge in [-0.05, 0) is 145 Å². The minimum absolute atomic E-state index is 0. The normalized spacial score (nSPS) is 15.9. The SMILES string of the molecule is COC(=O)c1ccc(N2C(=O)C(=Cc3c(Cl)cccc3C3CC3)c3c(C)cccc32)cc1O.Cc1cccc2c1C(=Cc1c(Cl)cccc1C1CC1)C(=O)N2c1ccc(C(=O)O)c(O)c1.[Li+].[OH-]. The topological polar surface area (TPSA) is 175 Å². The smallest absolute Gasteiger partial charge is 0.870 e. The van der Waals surface area contributed by atoms with E-state index in [9.17, 15) is 34.5 Å². The van der Waals surface area contributed by atoms with Gasteiger partial charge in [-0.1, -0.05) is 71.7 Å². The number of carbonyl (C=O) groups is 4. The van der Waals surface area contributed by atoms with Crippen molar-refractivity contribution in [2.24, 2.45) is 0 Å². The monoisotopic (exact) mass is 928 g/mol. The Bertz CT molecular complexity index is 3080. The molecule has 2 saturated carbocycles. The van der Waals surface area contributed by atoms with Crippen LogP contribution in [0.15, 0.2) is 109 Å². The number of fused-ring (bicyclic) bond motifs is 2. The number of carbonyl (C=O) groups excluding carboxylic acids is 3. The number of phenols is 2. The summed E-state index contributed by atoms with van der Waals surface area (Å²) in [6.07, 6.45) is 8.24. The first kappa shape index (κ1) is 48.4. The van der Waals surface area contributed by atoms with Crippen LogP contribution in [0, 0.1) is 13.8 Å². The summed E-state index contributed by atoms with van der Waals surface area (Å²) in [5.41, 5.74) is 10.8. The molecule has 0 saturated heterocycles. The fraction of sp³-hybridized carbons (Fsp3) is 0.170. The minimum Gasteiger partial charge on any atom is -0.870 e. The van der Waals surface area contributed by atoms with E-state index in [0.717, 1.165) is 75.9 Å². The van der Waals surface area contributed by atoms with Gasteiger partial charge in [0.05, 0.1) is 41.0 Å². The number of amides is 2. The van der Waals surface area contributed by atoms with Gasteiger partial charge in [0, 0.05) is 33.3 Å². The largest absolute Gasteiger partial charge is 1.00 e. The molecule has 0 unspecified atom stereocenters. The number of hydrogen-bond donors (Lipinski definition) is 3. The second-order valence-corrected chi connectivity index (χ2v) is 17.4. The van der Waals surface area contributed by atoms with Crippen molar-refractivity contribution in [3.8, 4) is 11.5 Å². The summed E-state index contributed by atoms with van der Waals surface area (Å²) in [6.45, 7) is 3.92. The summed E-state index contributed by atoms with van der Waals surface area (Å²) in [6, 6.07) is 31.7. The molecule has 67 heavy (non-hydrogen) atoms. The van der Waals surface area contributed by atoms with E-state index in [0.29, 0.717) is 50.1 Å². The van der Waals surface area contributed by atoms with Crippen molar-refractivity contribution in [1.82, 2.24) is 0 Å². The predicted octanol–water partition coefficient (Wildman–Crippen LogP) is 9.21. The van der Waals surface area contributed by atoms with E-state index in [1.165, 1.54) is 42.3 Å². The van der Waals surface area contributed by atoms with Crippen molar-refractivity contribution < 1.29 is 63.6 Å². The van der Waals surface area contributed by atoms with Gasteiger partial charge in [0.1, 0.15) is 22.6 Å². The van der Waals surface area contributed by atoms with Gasteiger partial charge in [-0.3, -0.25) is 19.4 Å². The van der Waals surface area contributed by atoms with Crippen molar-refractivity contribution in [2.45, 2.75) is 51.4 Å². The molecule has 0 spiro atoms. The Balaban J connectivity index is 0.000000193. The Morgan fingerprint density at radius 1 is 0.627 bits per heavy atom. The molecule has 14 heteroatoms. The number of ether oxygens (including phenoxy) is 1. The molecule has 2 aliphatic carbocycles. The van der Waals surface area contributed by atoms with E-state index in [2.05, 4.69) is 12.1 Å². The van der Waals surface area contributed by atoms with Crippen molar-refractivity contribution in [2.75, 3.05) is 16.9 Å². The Morgan fingerprint density at radius 2 is 1.03 bits per heavy atom. The van der Waals surface area contributed by atoms with Gasteiger partial charge in [-0.25, -0.2) is 9.59 Å². The van der Waals surface area contributed by atoms with Crippen LogP contribution in [0.25, 0.3) is 23.3 Å². The quantitative estimate of drug-likeness (QED) is 0.0764. The maximum Gasteiger partial charge on any atom is 1.00 e. The van der Waals surface area contributed by atoms with Crippen LogP contribution in [-0.4, -0.2) is 51.7 Å². The van der Waals surface area contributed by atoms with Gasteiger partial charge in [-0.2, -0.15) is 0 Å². The molecule has 334 valence electrons. The molecule has 0 bridgehead atoms. The summed E-state index contributed by atoms with van der Waals surface area (Å²) in [5, 5.41) is 31.1. The molecule has 4 N–H and O–H groups in total. The number of rotatable bonds is 8. The number of aryl methyl sites for hydroxylation is 2. The molecule has 2 aliphatic heterocycles. The molecule has 6 aromatic carbocycles. The third-order valence-corrected chi connectivity index (χ3v) is 12.9. The van der Waals surface area contributed by atoms with Crippen LogP contribution in [0.3, 0.4) is 0 Å². The predicted molar refractivity (Wildman–Crippen MR) is 256 cm³/mol. The van der Waals surface area contributed by atoms with E-state index >= 15 is 0 Å². The summed E-state index contributed by atoms with van der Waals surface area (Å²) in [7, 11) is 1.25. The first-order valence-corrected chi connectivity index (χ1v) is 21.9. The molecule has 6 aromatic rings. The fourth-order valence-corrected chi connectivity index (χ4v) is 9.29. The van der Waals surface area contributed by atoms with Crippen molar-refractivity contribution in [1.29, 1.82) is 0 Å². The molecular formula is C53H43Cl2LiN2O9. The number of halogens is 2. The third-order valence-electron chi connectivity index (χ3n) is 12.3. The van der Waals surface area contributed by atoms with Crippen molar-refractivity contribution >= 4 is 93.0 Å². The number of phenolic OH excluding ortho intramolecular Hbond substituents is 1. The number of nitrogens with zero attached hydrogens (tertiary/aromatic N) is 2. The molecule has 10 rings (SSSR count). The average Bonchev–Trinajstić information content (AvgIpc) is 4.22. The third kappa shape index (κ3) is 9.01. The van der Waals surface area contributed by atoms with Gasteiger partial charge in [0.25, 0.3) is 11.8 Å². The molecule has 0 radical (unpaired) electrons. The number of aromatic carboxylic acids is 1. The van der Waals surface area contributed by atoms with Gasteiger partial charge >= 0.3 is 30.8 Å². The molecule has 2 heterocycles. The van der Waals surface area contributed by atoms with Crippen LogP contribution in [-0.2, 0) is 14.3 Å². The number of esters is 1. The summed E-state index contributed by atoms with van der Waals surface area (Å²) in [4.78, 5) is 53.6. The number of hydrogen-bond acceptors (Lipinski definition) is 8. The zero-order valence-electron chi connectivity index (χ0n) is 37.0. The van der Waals surface area contributed by atoms with Gasteiger partial charge in [-0.15, -0.1) is 0 Å². The first-order chi connectivity index (χ1) is 31.3. The van der Waals surface area contributed by atoms with Crippen LogP contribution in [0.5, 0.6) is 11.5 Å². The van der Waals surface area contributed by atoms with Crippen LogP contribution in [0.2, 0.25) is 10.0 Å². The molecule has 4 aliphatic rings. The van der Waals surface area contributed by atoms with E-state index in [-0.39, 0.29) is 53.0 Å². The Labute approximate surface area is 409 Å². The number of methoxy groups -OCH3 is 1. The summed E-state index contributed by atoms with van der Waals surface area (Å²) in [5.74, 6) is -2.05. The van der Waals surface area contributed by atoms with Crippen molar-refractivity contribution in [3.63, 3.8) is 0 Å². The van der Waals surface area contributed by atoms with Crippen LogP contribution < -0.4 is 28.7 Å². The zero-order chi connectivity index (χ0) is 45.8. The summed E-state index contributed by atoms with van der Waals surface area (Å²) >= 11 is 13.1. The van der Waals surface area contributed by atoms with Crippen LogP contribution >= 0.6 is 23.2 Å². The molecule has 2 amide bonds. The number of carboxylic acids is 1. The first-order valence-electron chi connectivity index (χ1n) is 21.1. The van der Waals surface area contributed by atoms with E-state index in [1.807, 2.05) is 86.7 Å². The average molecular weight is 930 g/mol. The van der Waals surface area contributed by atoms with Gasteiger partial charge in [0.15, 0.2) is 0 Å².